The maximum absolute atomic E-state index is 14.2. The molecule has 6 N–H and O–H groups in total. The predicted molar refractivity (Wildman–Crippen MR) is 151 cm³/mol. The fraction of sp³-hybridized carbons (Fsp3) is 0.688. The number of rotatable bonds is 8. The first-order chi connectivity index (χ1) is 19.0. The van der Waals surface area contributed by atoms with Crippen LogP contribution < -0.4 is 5.73 Å². The second-order valence-corrected chi connectivity index (χ2v) is 13.4. The molecule has 0 saturated heterocycles. The Morgan fingerprint density at radius 2 is 1.73 bits per heavy atom. The third-order valence-corrected chi connectivity index (χ3v) is 11.3. The van der Waals surface area contributed by atoms with E-state index in [9.17, 15) is 39.6 Å². The minimum absolute atomic E-state index is 0.0110. The van der Waals surface area contributed by atoms with Gasteiger partial charge in [0.05, 0.1) is 17.6 Å². The van der Waals surface area contributed by atoms with Gasteiger partial charge in [-0.15, -0.1) is 0 Å². The summed E-state index contributed by atoms with van der Waals surface area (Å²) in [5, 5.41) is 46.9. The predicted octanol–water partition coefficient (Wildman–Crippen LogP) is 2.90. The molecule has 9 heteroatoms. The Bertz CT molecular complexity index is 1260. The molecule has 4 rings (SSSR count). The van der Waals surface area contributed by atoms with Crippen LogP contribution in [-0.4, -0.2) is 61.5 Å². The third kappa shape index (κ3) is 4.06. The van der Waals surface area contributed by atoms with Gasteiger partial charge < -0.3 is 26.2 Å². The average molecular weight is 572 g/mol. The zero-order chi connectivity index (χ0) is 30.8. The first-order valence-electron chi connectivity index (χ1n) is 14.8. The van der Waals surface area contributed by atoms with Crippen molar-refractivity contribution in [2.75, 3.05) is 0 Å². The lowest BCUT2D eigenvalue weighted by Crippen LogP contribution is -2.82. The number of hydrogen-bond donors (Lipinski definition) is 5. The summed E-state index contributed by atoms with van der Waals surface area (Å²) >= 11 is 0. The van der Waals surface area contributed by atoms with E-state index in [0.29, 0.717) is 12.0 Å². The first kappa shape index (κ1) is 31.3. The SMILES string of the molecule is CCCCCC(=O)CC1[C@]2(C)C(C(=O)c3c(O)cccc3[C@H]2C)C(O)[C@@]2(O)C(=O)C(C(N)=O)C(O)[C@H](C(C)C)[C@@]12C. The molecule has 0 bridgehead atoms. The molecule has 0 spiro atoms. The van der Waals surface area contributed by atoms with E-state index in [2.05, 4.69) is 0 Å². The molecule has 41 heavy (non-hydrogen) atoms. The average Bonchev–Trinajstić information content (AvgIpc) is 2.88. The number of ketones is 3. The highest BCUT2D eigenvalue weighted by atomic mass is 16.4. The lowest BCUT2D eigenvalue weighted by Gasteiger charge is -2.71. The summed E-state index contributed by atoms with van der Waals surface area (Å²) in [5.74, 6) is -9.19. The zero-order valence-electron chi connectivity index (χ0n) is 24.9. The van der Waals surface area contributed by atoms with Gasteiger partial charge in [-0.05, 0) is 47.1 Å². The molecular formula is C32H45NO8. The van der Waals surface area contributed by atoms with Crippen molar-refractivity contribution in [1.29, 1.82) is 0 Å². The second-order valence-electron chi connectivity index (χ2n) is 13.4. The van der Waals surface area contributed by atoms with Crippen LogP contribution >= 0.6 is 0 Å². The molecule has 3 aliphatic rings. The summed E-state index contributed by atoms with van der Waals surface area (Å²) in [7, 11) is 0. The molecule has 226 valence electrons. The van der Waals surface area contributed by atoms with Gasteiger partial charge in [-0.3, -0.25) is 19.2 Å². The van der Waals surface area contributed by atoms with Crippen molar-refractivity contribution < 1.29 is 39.6 Å². The highest BCUT2D eigenvalue weighted by Crippen LogP contribution is 2.71. The highest BCUT2D eigenvalue weighted by molar-refractivity contribution is 6.09. The van der Waals surface area contributed by atoms with Crippen LogP contribution in [0.5, 0.6) is 5.75 Å². The summed E-state index contributed by atoms with van der Waals surface area (Å²) in [5.41, 5.74) is 0.664. The molecule has 10 atom stereocenters. The Morgan fingerprint density at radius 3 is 2.29 bits per heavy atom. The molecule has 3 aliphatic carbocycles. The van der Waals surface area contributed by atoms with Crippen molar-refractivity contribution in [2.24, 2.45) is 46.2 Å². The molecule has 1 amide bonds. The van der Waals surface area contributed by atoms with Crippen LogP contribution in [0.15, 0.2) is 18.2 Å². The summed E-state index contributed by atoms with van der Waals surface area (Å²) in [6, 6.07) is 4.74. The van der Waals surface area contributed by atoms with E-state index in [1.54, 1.807) is 39.8 Å². The summed E-state index contributed by atoms with van der Waals surface area (Å²) < 4.78 is 0. The van der Waals surface area contributed by atoms with Gasteiger partial charge in [0.2, 0.25) is 5.91 Å². The van der Waals surface area contributed by atoms with Crippen molar-refractivity contribution in [3.8, 4) is 5.75 Å². The van der Waals surface area contributed by atoms with E-state index in [1.807, 2.05) is 13.8 Å². The van der Waals surface area contributed by atoms with Crippen molar-refractivity contribution in [1.82, 2.24) is 0 Å². The minimum atomic E-state index is -2.68. The largest absolute Gasteiger partial charge is 0.507 e. The first-order valence-corrected chi connectivity index (χ1v) is 14.8. The Hall–Kier alpha value is -2.62. The molecule has 9 nitrogen and oxygen atoms in total. The topological polar surface area (TPSA) is 175 Å². The summed E-state index contributed by atoms with van der Waals surface area (Å²) in [4.78, 5) is 54.5. The van der Waals surface area contributed by atoms with Gasteiger partial charge in [0.25, 0.3) is 0 Å². The smallest absolute Gasteiger partial charge is 0.230 e. The molecule has 1 aromatic carbocycles. The van der Waals surface area contributed by atoms with Crippen molar-refractivity contribution >= 4 is 23.3 Å². The van der Waals surface area contributed by atoms with Gasteiger partial charge in [-0.2, -0.15) is 0 Å². The Kier molecular flexibility index (Phi) is 8.08. The Balaban J connectivity index is 2.05. The van der Waals surface area contributed by atoms with Crippen LogP contribution in [0.25, 0.3) is 0 Å². The van der Waals surface area contributed by atoms with Gasteiger partial charge in [-0.25, -0.2) is 0 Å². The van der Waals surface area contributed by atoms with Crippen LogP contribution in [0.4, 0.5) is 0 Å². The number of unbranched alkanes of at least 4 members (excludes halogenated alkanes) is 2. The van der Waals surface area contributed by atoms with Crippen LogP contribution in [0.1, 0.15) is 95.5 Å². The quantitative estimate of drug-likeness (QED) is 0.234. The number of phenols is 1. The lowest BCUT2D eigenvalue weighted by molar-refractivity contribution is -0.292. The van der Waals surface area contributed by atoms with Crippen LogP contribution in [0.3, 0.4) is 0 Å². The molecule has 2 fully saturated rings. The molecule has 0 aliphatic heterocycles. The normalized spacial score (nSPS) is 40.1. The van der Waals surface area contributed by atoms with Gasteiger partial charge in [0.15, 0.2) is 17.2 Å². The van der Waals surface area contributed by atoms with Gasteiger partial charge >= 0.3 is 0 Å². The Labute approximate surface area is 241 Å². The molecule has 2 saturated carbocycles. The van der Waals surface area contributed by atoms with Crippen molar-refractivity contribution in [2.45, 2.75) is 97.4 Å². The molecule has 0 radical (unpaired) electrons. The van der Waals surface area contributed by atoms with Gasteiger partial charge in [0, 0.05) is 18.3 Å². The molecule has 5 unspecified atom stereocenters. The van der Waals surface area contributed by atoms with E-state index in [4.69, 9.17) is 5.73 Å². The fourth-order valence-corrected chi connectivity index (χ4v) is 9.27. The standard InChI is InChI=1S/C32H45NO8/c1-7-8-9-11-17(34)14-20-30(5)16(4)18-12-10-13-19(35)21(18)25(36)24(30)28(39)32(41)27(38)22(29(33)40)26(37)23(15(2)3)31(20,32)6/h10,12-13,15-16,20,22-24,26,28,35,37,39,41H,7-9,11,14H2,1-6H3,(H2,33,40)/t16-,20?,22?,23+,24?,26?,28?,30-,31-,32+/m1/s1. The summed E-state index contributed by atoms with van der Waals surface area (Å²) in [6.07, 6.45) is -0.959. The van der Waals surface area contributed by atoms with E-state index < -0.39 is 81.6 Å². The number of Topliss-reactive ketones (excluding diaryl/α,β-unsaturated/α-hetero) is 3. The second kappa shape index (κ2) is 10.6. The van der Waals surface area contributed by atoms with E-state index >= 15 is 0 Å². The zero-order valence-corrected chi connectivity index (χ0v) is 24.9. The summed E-state index contributed by atoms with van der Waals surface area (Å²) in [6.45, 7) is 10.9. The van der Waals surface area contributed by atoms with Crippen LogP contribution in [0, 0.1) is 40.4 Å². The van der Waals surface area contributed by atoms with E-state index in [1.165, 1.54) is 6.07 Å². The van der Waals surface area contributed by atoms with Crippen molar-refractivity contribution in [3.63, 3.8) is 0 Å². The minimum Gasteiger partial charge on any atom is -0.507 e. The van der Waals surface area contributed by atoms with Crippen LogP contribution in [-0.2, 0) is 14.4 Å². The van der Waals surface area contributed by atoms with Gasteiger partial charge in [-0.1, -0.05) is 66.5 Å². The maximum Gasteiger partial charge on any atom is 0.230 e. The number of primary amides is 1. The number of phenolic OH excluding ortho intramolecular Hbond substituents is 1. The van der Waals surface area contributed by atoms with E-state index in [0.717, 1.165) is 12.8 Å². The maximum atomic E-state index is 14.2. The van der Waals surface area contributed by atoms with Crippen LogP contribution in [0.2, 0.25) is 0 Å². The number of nitrogens with two attached hydrogens (primary N) is 1. The highest BCUT2D eigenvalue weighted by Gasteiger charge is 2.80. The molecular weight excluding hydrogens is 526 g/mol. The monoisotopic (exact) mass is 571 g/mol. The molecule has 1 aromatic rings. The number of aromatic hydroxyl groups is 1. The number of amides is 1. The van der Waals surface area contributed by atoms with Crippen molar-refractivity contribution in [3.05, 3.63) is 29.3 Å². The fourth-order valence-electron chi connectivity index (χ4n) is 9.27. The number of benzene rings is 1. The van der Waals surface area contributed by atoms with Gasteiger partial charge in [0.1, 0.15) is 23.6 Å². The number of fused-ring (bicyclic) bond motifs is 3. The number of aliphatic hydroxyl groups excluding tert-OH is 2. The number of aliphatic hydroxyl groups is 3. The third-order valence-electron chi connectivity index (χ3n) is 11.3. The molecule has 0 aromatic heterocycles. The van der Waals surface area contributed by atoms with E-state index in [-0.39, 0.29) is 29.9 Å². The lowest BCUT2D eigenvalue weighted by atomic mass is 9.33. The Morgan fingerprint density at radius 1 is 1.10 bits per heavy atom. The number of hydrogen-bond acceptors (Lipinski definition) is 8. The number of carbonyl (C=O) groups excluding carboxylic acids is 4. The molecule has 0 heterocycles. The number of carbonyl (C=O) groups is 4.